The van der Waals surface area contributed by atoms with Gasteiger partial charge < -0.3 is 9.80 Å². The molecule has 0 saturated carbocycles. The van der Waals surface area contributed by atoms with Crippen molar-refractivity contribution in [1.29, 1.82) is 0 Å². The summed E-state index contributed by atoms with van der Waals surface area (Å²) in [6, 6.07) is 38.0. The van der Waals surface area contributed by atoms with Gasteiger partial charge in [0.15, 0.2) is 0 Å². The van der Waals surface area contributed by atoms with Crippen molar-refractivity contribution < 1.29 is 0 Å². The summed E-state index contributed by atoms with van der Waals surface area (Å²) in [4.78, 5) is 4.91. The first-order chi connectivity index (χ1) is 15.2. The van der Waals surface area contributed by atoms with Crippen LogP contribution in [0.25, 0.3) is 0 Å². The van der Waals surface area contributed by atoms with Crippen molar-refractivity contribution in [2.24, 2.45) is 0 Å². The molecule has 4 aromatic carbocycles. The normalized spacial score (nSPS) is 18.4. The summed E-state index contributed by atoms with van der Waals surface area (Å²) in [6.45, 7) is 0.752. The third kappa shape index (κ3) is 4.01. The minimum atomic E-state index is 0.139. The monoisotopic (exact) mass is 444 g/mol. The Bertz CT molecular complexity index is 1040. The van der Waals surface area contributed by atoms with Crippen molar-refractivity contribution in [3.8, 4) is 0 Å². The number of hydrogen-bond donors (Lipinski definition) is 0. The lowest BCUT2D eigenvalue weighted by Crippen LogP contribution is -2.26. The zero-order valence-electron chi connectivity index (χ0n) is 16.9. The molecule has 2 nitrogen and oxygen atoms in total. The maximum atomic E-state index is 6.19. The molecule has 0 aromatic heterocycles. The fourth-order valence-corrected chi connectivity index (χ4v) is 4.71. The van der Waals surface area contributed by atoms with E-state index in [9.17, 15) is 0 Å². The second-order valence-electron chi connectivity index (χ2n) is 7.74. The average Bonchev–Trinajstić information content (AvgIpc) is 3.22. The van der Waals surface area contributed by atoms with Gasteiger partial charge >= 0.3 is 0 Å². The van der Waals surface area contributed by atoms with Crippen LogP contribution in [0.4, 0.5) is 11.4 Å². The van der Waals surface area contributed by atoms with Gasteiger partial charge in [-0.15, -0.1) is 0 Å². The van der Waals surface area contributed by atoms with Gasteiger partial charge in [0.2, 0.25) is 0 Å². The lowest BCUT2D eigenvalue weighted by molar-refractivity contribution is 0.618. The van der Waals surface area contributed by atoms with Gasteiger partial charge in [0.05, 0.1) is 18.8 Å². The van der Waals surface area contributed by atoms with Crippen molar-refractivity contribution >= 4 is 34.6 Å². The maximum absolute atomic E-state index is 6.19. The molecule has 1 aliphatic rings. The van der Waals surface area contributed by atoms with Gasteiger partial charge in [-0.1, -0.05) is 83.9 Å². The van der Waals surface area contributed by atoms with E-state index in [4.69, 9.17) is 23.2 Å². The summed E-state index contributed by atoms with van der Waals surface area (Å²) >= 11 is 12.4. The molecule has 0 bridgehead atoms. The topological polar surface area (TPSA) is 6.48 Å². The molecular formula is C27H22Cl2N2. The first-order valence-corrected chi connectivity index (χ1v) is 11.1. The number of nitrogens with zero attached hydrogens (tertiary/aromatic N) is 2. The van der Waals surface area contributed by atoms with E-state index in [0.29, 0.717) is 0 Å². The number of rotatable bonds is 4. The van der Waals surface area contributed by atoms with E-state index in [0.717, 1.165) is 28.1 Å². The third-order valence-corrected chi connectivity index (χ3v) is 6.38. The molecule has 31 heavy (non-hydrogen) atoms. The Morgan fingerprint density at radius 2 is 0.839 bits per heavy atom. The van der Waals surface area contributed by atoms with Gasteiger partial charge in [-0.3, -0.25) is 0 Å². The number of hydrogen-bond acceptors (Lipinski definition) is 2. The summed E-state index contributed by atoms with van der Waals surface area (Å²) in [5, 5.41) is 1.49. The smallest absolute Gasteiger partial charge is 0.0917 e. The van der Waals surface area contributed by atoms with E-state index < -0.39 is 0 Å². The average molecular weight is 445 g/mol. The van der Waals surface area contributed by atoms with Gasteiger partial charge in [-0.2, -0.15) is 0 Å². The van der Waals surface area contributed by atoms with Crippen molar-refractivity contribution in [3.05, 3.63) is 130 Å². The van der Waals surface area contributed by atoms with Crippen LogP contribution in [0.15, 0.2) is 109 Å². The quantitative estimate of drug-likeness (QED) is 0.317. The molecule has 1 aliphatic heterocycles. The first-order valence-electron chi connectivity index (χ1n) is 10.3. The fourth-order valence-electron chi connectivity index (χ4n) is 4.46. The lowest BCUT2D eigenvalue weighted by atomic mass is 9.92. The molecule has 0 amide bonds. The van der Waals surface area contributed by atoms with Crippen LogP contribution in [-0.2, 0) is 0 Å². The van der Waals surface area contributed by atoms with E-state index >= 15 is 0 Å². The summed E-state index contributed by atoms with van der Waals surface area (Å²) < 4.78 is 0. The highest BCUT2D eigenvalue weighted by Gasteiger charge is 2.42. The second kappa shape index (κ2) is 8.66. The van der Waals surface area contributed by atoms with Crippen LogP contribution >= 0.6 is 23.2 Å². The van der Waals surface area contributed by atoms with Gasteiger partial charge in [-0.25, -0.2) is 0 Å². The SMILES string of the molecule is Clc1ccc(N2CN(c3ccc(Cl)cc3)C(c3ccccc3)C2c2ccccc2)cc1. The molecule has 0 radical (unpaired) electrons. The van der Waals surface area contributed by atoms with Crippen LogP contribution < -0.4 is 9.80 Å². The van der Waals surface area contributed by atoms with Crippen LogP contribution in [0.5, 0.6) is 0 Å². The second-order valence-corrected chi connectivity index (χ2v) is 8.62. The lowest BCUT2D eigenvalue weighted by Gasteiger charge is -2.30. The molecular weight excluding hydrogens is 423 g/mol. The first kappa shape index (κ1) is 20.0. The highest BCUT2D eigenvalue weighted by molar-refractivity contribution is 6.30. The highest BCUT2D eigenvalue weighted by atomic mass is 35.5. The Balaban J connectivity index is 1.68. The molecule has 154 valence electrons. The Morgan fingerprint density at radius 3 is 1.19 bits per heavy atom. The standard InChI is InChI=1S/C27H22Cl2N2/c28-22-11-15-24(16-12-22)30-19-31(25-17-13-23(29)14-18-25)27(21-9-5-2-6-10-21)26(30)20-7-3-1-4-8-20/h1-18,26-27H,19H2. The summed E-state index contributed by atoms with van der Waals surface area (Å²) in [5.74, 6) is 0. The zero-order chi connectivity index (χ0) is 21.2. The summed E-state index contributed by atoms with van der Waals surface area (Å²) in [6.07, 6.45) is 0. The van der Waals surface area contributed by atoms with Gasteiger partial charge in [0.1, 0.15) is 0 Å². The number of benzene rings is 4. The molecule has 1 heterocycles. The predicted octanol–water partition coefficient (Wildman–Crippen LogP) is 7.76. The molecule has 5 rings (SSSR count). The fraction of sp³-hybridized carbons (Fsp3) is 0.111. The summed E-state index contributed by atoms with van der Waals surface area (Å²) in [5.41, 5.74) is 4.86. The molecule has 0 N–H and O–H groups in total. The Labute approximate surface area is 193 Å². The van der Waals surface area contributed by atoms with Crippen LogP contribution in [0.1, 0.15) is 23.2 Å². The van der Waals surface area contributed by atoms with Gasteiger partial charge in [-0.05, 0) is 59.7 Å². The number of halogens is 2. The molecule has 2 unspecified atom stereocenters. The summed E-state index contributed by atoms with van der Waals surface area (Å²) in [7, 11) is 0. The molecule has 1 saturated heterocycles. The van der Waals surface area contributed by atoms with Crippen LogP contribution in [0.2, 0.25) is 10.0 Å². The van der Waals surface area contributed by atoms with E-state index in [-0.39, 0.29) is 12.1 Å². The molecule has 4 heteroatoms. The number of anilines is 2. The van der Waals surface area contributed by atoms with E-state index in [1.54, 1.807) is 0 Å². The molecule has 2 atom stereocenters. The van der Waals surface area contributed by atoms with Crippen molar-refractivity contribution in [3.63, 3.8) is 0 Å². The Morgan fingerprint density at radius 1 is 0.484 bits per heavy atom. The largest absolute Gasteiger partial charge is 0.344 e. The maximum Gasteiger partial charge on any atom is 0.0917 e. The molecule has 0 aliphatic carbocycles. The minimum absolute atomic E-state index is 0.139. The van der Waals surface area contributed by atoms with Crippen LogP contribution in [-0.4, -0.2) is 6.67 Å². The minimum Gasteiger partial charge on any atom is -0.344 e. The molecule has 1 fully saturated rings. The zero-order valence-corrected chi connectivity index (χ0v) is 18.4. The van der Waals surface area contributed by atoms with E-state index in [1.807, 2.05) is 24.3 Å². The van der Waals surface area contributed by atoms with E-state index in [2.05, 4.69) is 94.7 Å². The van der Waals surface area contributed by atoms with Crippen molar-refractivity contribution in [2.75, 3.05) is 16.5 Å². The van der Waals surface area contributed by atoms with Crippen molar-refractivity contribution in [1.82, 2.24) is 0 Å². The van der Waals surface area contributed by atoms with Crippen LogP contribution in [0, 0.1) is 0 Å². The third-order valence-electron chi connectivity index (χ3n) is 5.87. The van der Waals surface area contributed by atoms with Gasteiger partial charge in [0.25, 0.3) is 0 Å². The molecule has 4 aromatic rings. The Kier molecular flexibility index (Phi) is 5.59. The highest BCUT2D eigenvalue weighted by Crippen LogP contribution is 2.48. The molecule has 0 spiro atoms. The van der Waals surface area contributed by atoms with Crippen LogP contribution in [0.3, 0.4) is 0 Å². The van der Waals surface area contributed by atoms with Gasteiger partial charge in [0, 0.05) is 21.4 Å². The predicted molar refractivity (Wildman–Crippen MR) is 131 cm³/mol. The van der Waals surface area contributed by atoms with Crippen molar-refractivity contribution in [2.45, 2.75) is 12.1 Å². The van der Waals surface area contributed by atoms with E-state index in [1.165, 1.54) is 11.1 Å². The Hall–Kier alpha value is -2.94.